The molecule has 16 heavy (non-hydrogen) atoms. The van der Waals surface area contributed by atoms with Gasteiger partial charge >= 0.3 is 0 Å². The second kappa shape index (κ2) is 5.17. The molecular weight excluding hydrogens is 198 g/mol. The molecule has 0 bridgehead atoms. The fraction of sp³-hybridized carbons (Fsp3) is 0.429. The summed E-state index contributed by atoms with van der Waals surface area (Å²) in [7, 11) is 0. The van der Waals surface area contributed by atoms with Crippen molar-refractivity contribution in [2.75, 3.05) is 0 Å². The Labute approximate surface area is 97.1 Å². The van der Waals surface area contributed by atoms with Crippen LogP contribution in [0.3, 0.4) is 0 Å². The summed E-state index contributed by atoms with van der Waals surface area (Å²) in [6, 6.07) is 8.13. The molecule has 1 aliphatic carbocycles. The lowest BCUT2D eigenvalue weighted by atomic mass is 9.79. The van der Waals surface area contributed by atoms with Crippen molar-refractivity contribution >= 4 is 0 Å². The molecule has 0 atom stereocenters. The molecule has 1 fully saturated rings. The Balaban J connectivity index is 1.99. The van der Waals surface area contributed by atoms with Crippen LogP contribution in [0.5, 0.6) is 5.75 Å². The number of rotatable bonds is 3. The molecule has 2 N–H and O–H groups in total. The molecule has 0 aromatic heterocycles. The molecule has 86 valence electrons. The first-order chi connectivity index (χ1) is 7.83. The largest absolute Gasteiger partial charge is 0.412 e. The standard InChI is InChI=1S/C14H19NO/c1-2-11-3-5-12(6-4-11)13-7-9-14(16-15)10-8-13/h2,7-12H,1,3-6,15H2. The van der Waals surface area contributed by atoms with Crippen LogP contribution in [0, 0.1) is 5.92 Å². The minimum atomic E-state index is 0.697. The number of benzene rings is 1. The third-order valence-electron chi connectivity index (χ3n) is 3.59. The van der Waals surface area contributed by atoms with Crippen molar-refractivity contribution in [2.24, 2.45) is 11.8 Å². The van der Waals surface area contributed by atoms with E-state index in [1.54, 1.807) is 0 Å². The summed E-state index contributed by atoms with van der Waals surface area (Å²) in [6.07, 6.45) is 7.16. The van der Waals surface area contributed by atoms with Gasteiger partial charge in [-0.1, -0.05) is 18.2 Å². The van der Waals surface area contributed by atoms with E-state index >= 15 is 0 Å². The quantitative estimate of drug-likeness (QED) is 0.622. The molecule has 0 saturated heterocycles. The SMILES string of the molecule is C=CC1CCC(c2ccc(ON)cc2)CC1. The maximum Gasteiger partial charge on any atom is 0.146 e. The first kappa shape index (κ1) is 11.2. The molecule has 0 amide bonds. The molecule has 2 heteroatoms. The number of nitrogens with two attached hydrogens (primary N) is 1. The predicted octanol–water partition coefficient (Wildman–Crippen LogP) is 3.40. The zero-order valence-electron chi connectivity index (χ0n) is 9.56. The Kier molecular flexibility index (Phi) is 3.62. The van der Waals surface area contributed by atoms with Gasteiger partial charge in [0.2, 0.25) is 0 Å². The zero-order chi connectivity index (χ0) is 11.4. The topological polar surface area (TPSA) is 35.2 Å². The highest BCUT2D eigenvalue weighted by Gasteiger charge is 2.20. The summed E-state index contributed by atoms with van der Waals surface area (Å²) >= 11 is 0. The maximum absolute atomic E-state index is 5.10. The summed E-state index contributed by atoms with van der Waals surface area (Å²) in [5, 5.41) is 0. The van der Waals surface area contributed by atoms with Crippen LogP contribution in [0.1, 0.15) is 37.2 Å². The van der Waals surface area contributed by atoms with Gasteiger partial charge in [0, 0.05) is 0 Å². The third kappa shape index (κ3) is 2.45. The fourth-order valence-corrected chi connectivity index (χ4v) is 2.51. The Hall–Kier alpha value is -1.28. The van der Waals surface area contributed by atoms with Gasteiger partial charge in [-0.15, -0.1) is 6.58 Å². The number of hydrogen-bond donors (Lipinski definition) is 1. The van der Waals surface area contributed by atoms with E-state index in [-0.39, 0.29) is 0 Å². The molecule has 2 rings (SSSR count). The van der Waals surface area contributed by atoms with Gasteiger partial charge in [-0.05, 0) is 55.2 Å². The normalized spacial score (nSPS) is 25.1. The van der Waals surface area contributed by atoms with Gasteiger partial charge in [-0.3, -0.25) is 0 Å². The molecule has 1 aliphatic rings. The lowest BCUT2D eigenvalue weighted by Crippen LogP contribution is -2.11. The fourth-order valence-electron chi connectivity index (χ4n) is 2.51. The van der Waals surface area contributed by atoms with Crippen LogP contribution < -0.4 is 10.7 Å². The first-order valence-corrected chi connectivity index (χ1v) is 5.92. The average molecular weight is 217 g/mol. The summed E-state index contributed by atoms with van der Waals surface area (Å²) in [4.78, 5) is 4.68. The first-order valence-electron chi connectivity index (χ1n) is 5.92. The van der Waals surface area contributed by atoms with Crippen LogP contribution in [-0.2, 0) is 0 Å². The highest BCUT2D eigenvalue weighted by molar-refractivity contribution is 5.29. The summed E-state index contributed by atoms with van der Waals surface area (Å²) < 4.78 is 0. The van der Waals surface area contributed by atoms with Crippen LogP contribution in [0.25, 0.3) is 0 Å². The average Bonchev–Trinajstić information content (AvgIpc) is 2.39. The molecule has 2 nitrogen and oxygen atoms in total. The van der Waals surface area contributed by atoms with Gasteiger partial charge in [-0.2, -0.15) is 5.90 Å². The molecule has 0 radical (unpaired) electrons. The third-order valence-corrected chi connectivity index (χ3v) is 3.59. The van der Waals surface area contributed by atoms with Crippen molar-refractivity contribution in [3.8, 4) is 5.75 Å². The van der Waals surface area contributed by atoms with Crippen molar-refractivity contribution in [3.63, 3.8) is 0 Å². The summed E-state index contributed by atoms with van der Waals surface area (Å²) in [5.41, 5.74) is 1.41. The molecule has 0 spiro atoms. The minimum Gasteiger partial charge on any atom is -0.412 e. The van der Waals surface area contributed by atoms with E-state index in [4.69, 9.17) is 5.90 Å². The Bertz CT molecular complexity index is 336. The van der Waals surface area contributed by atoms with Crippen LogP contribution in [0.4, 0.5) is 0 Å². The Morgan fingerprint density at radius 2 is 1.75 bits per heavy atom. The predicted molar refractivity (Wildman–Crippen MR) is 66.2 cm³/mol. The molecule has 1 aromatic carbocycles. The van der Waals surface area contributed by atoms with Gasteiger partial charge in [0.25, 0.3) is 0 Å². The lowest BCUT2D eigenvalue weighted by molar-refractivity contribution is 0.334. The van der Waals surface area contributed by atoms with Crippen molar-refractivity contribution in [1.82, 2.24) is 0 Å². The van der Waals surface area contributed by atoms with Crippen LogP contribution >= 0.6 is 0 Å². The van der Waals surface area contributed by atoms with E-state index in [0.717, 1.165) is 11.7 Å². The van der Waals surface area contributed by atoms with Gasteiger partial charge in [0.15, 0.2) is 0 Å². The maximum atomic E-state index is 5.10. The second-order valence-electron chi connectivity index (χ2n) is 4.53. The number of hydrogen-bond acceptors (Lipinski definition) is 2. The highest BCUT2D eigenvalue weighted by Crippen LogP contribution is 2.36. The van der Waals surface area contributed by atoms with Crippen LogP contribution in [0.15, 0.2) is 36.9 Å². The van der Waals surface area contributed by atoms with E-state index in [1.165, 1.54) is 31.2 Å². The molecule has 0 heterocycles. The van der Waals surface area contributed by atoms with E-state index in [0.29, 0.717) is 5.92 Å². The van der Waals surface area contributed by atoms with Crippen LogP contribution in [0.2, 0.25) is 0 Å². The van der Waals surface area contributed by atoms with E-state index in [2.05, 4.69) is 29.6 Å². The van der Waals surface area contributed by atoms with Crippen molar-refractivity contribution in [3.05, 3.63) is 42.5 Å². The minimum absolute atomic E-state index is 0.697. The van der Waals surface area contributed by atoms with Crippen molar-refractivity contribution in [1.29, 1.82) is 0 Å². The van der Waals surface area contributed by atoms with E-state index in [9.17, 15) is 0 Å². The summed E-state index contributed by atoms with van der Waals surface area (Å²) in [6.45, 7) is 3.87. The smallest absolute Gasteiger partial charge is 0.146 e. The monoisotopic (exact) mass is 217 g/mol. The molecule has 0 aliphatic heterocycles. The summed E-state index contributed by atoms with van der Waals surface area (Å²) in [5.74, 6) is 7.25. The Morgan fingerprint density at radius 1 is 1.12 bits per heavy atom. The van der Waals surface area contributed by atoms with Gasteiger partial charge in [-0.25, -0.2) is 0 Å². The lowest BCUT2D eigenvalue weighted by Gasteiger charge is -2.26. The molecular formula is C14H19NO. The van der Waals surface area contributed by atoms with Crippen LogP contribution in [-0.4, -0.2) is 0 Å². The zero-order valence-corrected chi connectivity index (χ0v) is 9.56. The van der Waals surface area contributed by atoms with E-state index < -0.39 is 0 Å². The molecule has 1 aromatic rings. The molecule has 1 saturated carbocycles. The Morgan fingerprint density at radius 3 is 2.25 bits per heavy atom. The van der Waals surface area contributed by atoms with Crippen molar-refractivity contribution < 1.29 is 4.84 Å². The van der Waals surface area contributed by atoms with Gasteiger partial charge in [0.1, 0.15) is 5.75 Å². The van der Waals surface area contributed by atoms with Gasteiger partial charge in [0.05, 0.1) is 0 Å². The second-order valence-corrected chi connectivity index (χ2v) is 4.53. The highest BCUT2D eigenvalue weighted by atomic mass is 16.6. The van der Waals surface area contributed by atoms with Gasteiger partial charge < -0.3 is 4.84 Å². The van der Waals surface area contributed by atoms with Crippen molar-refractivity contribution in [2.45, 2.75) is 31.6 Å². The number of allylic oxidation sites excluding steroid dienone is 1. The molecule has 0 unspecified atom stereocenters. The van der Waals surface area contributed by atoms with E-state index in [1.807, 2.05) is 12.1 Å².